The summed E-state index contributed by atoms with van der Waals surface area (Å²) >= 11 is 1.76. The molecule has 0 saturated heterocycles. The molecule has 1 atom stereocenters. The fourth-order valence-corrected chi connectivity index (χ4v) is 2.94. The Bertz CT molecular complexity index is 593. The van der Waals surface area contributed by atoms with Crippen molar-refractivity contribution in [1.82, 2.24) is 15.4 Å². The van der Waals surface area contributed by atoms with E-state index >= 15 is 0 Å². The highest BCUT2D eigenvalue weighted by molar-refractivity contribution is 7.99. The van der Waals surface area contributed by atoms with E-state index in [9.17, 15) is 0 Å². The van der Waals surface area contributed by atoms with E-state index in [-0.39, 0.29) is 6.17 Å². The molecule has 3 heterocycles. The Labute approximate surface area is 122 Å². The Kier molecular flexibility index (Phi) is 3.73. The van der Waals surface area contributed by atoms with Crippen LogP contribution in [0.3, 0.4) is 0 Å². The Morgan fingerprint density at radius 2 is 2.35 bits per heavy atom. The maximum absolute atomic E-state index is 4.56. The molecule has 20 heavy (non-hydrogen) atoms. The topological polar surface area (TPSA) is 52.9 Å². The van der Waals surface area contributed by atoms with Gasteiger partial charge in [-0.25, -0.2) is 9.99 Å². The number of hydrazone groups is 2. The number of nitrogens with zero attached hydrogens (tertiary/aromatic N) is 4. The van der Waals surface area contributed by atoms with Crippen molar-refractivity contribution < 1.29 is 0 Å². The summed E-state index contributed by atoms with van der Waals surface area (Å²) in [6.07, 6.45) is 7.03. The van der Waals surface area contributed by atoms with Crippen molar-refractivity contribution >= 4 is 23.3 Å². The molecule has 104 valence electrons. The largest absolute Gasteiger partial charge is 0.280 e. The SMILES string of the molecule is CCCSc1ncccc1C1=NNC2C=CC(C)=NN12. The highest BCUT2D eigenvalue weighted by atomic mass is 32.2. The number of thioether (sulfide) groups is 1. The Morgan fingerprint density at radius 3 is 3.20 bits per heavy atom. The maximum Gasteiger partial charge on any atom is 0.181 e. The van der Waals surface area contributed by atoms with E-state index in [1.54, 1.807) is 11.8 Å². The van der Waals surface area contributed by atoms with Gasteiger partial charge < -0.3 is 0 Å². The first-order valence-electron chi connectivity index (χ1n) is 6.73. The zero-order valence-electron chi connectivity index (χ0n) is 11.6. The van der Waals surface area contributed by atoms with Crippen molar-refractivity contribution in [1.29, 1.82) is 0 Å². The molecular formula is C14H17N5S. The average molecular weight is 287 g/mol. The Morgan fingerprint density at radius 1 is 1.45 bits per heavy atom. The van der Waals surface area contributed by atoms with Gasteiger partial charge in [0.1, 0.15) is 5.03 Å². The number of allylic oxidation sites excluding steroid dienone is 1. The molecule has 1 unspecified atom stereocenters. The molecule has 1 N–H and O–H groups in total. The molecule has 1 aromatic rings. The minimum absolute atomic E-state index is 0.0120. The first-order chi connectivity index (χ1) is 9.79. The molecule has 0 aromatic carbocycles. The zero-order chi connectivity index (χ0) is 13.9. The van der Waals surface area contributed by atoms with Gasteiger partial charge in [0.15, 0.2) is 12.0 Å². The lowest BCUT2D eigenvalue weighted by molar-refractivity contribution is 0.364. The van der Waals surface area contributed by atoms with Gasteiger partial charge in [0.25, 0.3) is 0 Å². The lowest BCUT2D eigenvalue weighted by Crippen LogP contribution is -2.37. The molecule has 0 aliphatic carbocycles. The predicted molar refractivity (Wildman–Crippen MR) is 82.8 cm³/mol. The Balaban J connectivity index is 1.92. The second-order valence-corrected chi connectivity index (χ2v) is 5.74. The van der Waals surface area contributed by atoms with Crippen LogP contribution >= 0.6 is 11.8 Å². The van der Waals surface area contributed by atoms with Gasteiger partial charge in [0.2, 0.25) is 0 Å². The number of fused-ring (bicyclic) bond motifs is 1. The fourth-order valence-electron chi connectivity index (χ4n) is 2.09. The van der Waals surface area contributed by atoms with Crippen LogP contribution in [0.25, 0.3) is 0 Å². The van der Waals surface area contributed by atoms with Gasteiger partial charge in [-0.2, -0.15) is 10.2 Å². The molecule has 0 spiro atoms. The molecule has 0 radical (unpaired) electrons. The molecule has 0 fully saturated rings. The summed E-state index contributed by atoms with van der Waals surface area (Å²) in [4.78, 5) is 4.48. The minimum atomic E-state index is 0.0120. The van der Waals surface area contributed by atoms with Gasteiger partial charge in [0.05, 0.1) is 11.3 Å². The van der Waals surface area contributed by atoms with Gasteiger partial charge in [-0.3, -0.25) is 5.43 Å². The number of pyridine rings is 1. The van der Waals surface area contributed by atoms with Crippen LogP contribution in [0, 0.1) is 0 Å². The normalized spacial score (nSPS) is 20.3. The van der Waals surface area contributed by atoms with Gasteiger partial charge in [-0.15, -0.1) is 11.8 Å². The van der Waals surface area contributed by atoms with E-state index in [4.69, 9.17) is 0 Å². The highest BCUT2D eigenvalue weighted by Gasteiger charge is 2.30. The van der Waals surface area contributed by atoms with E-state index in [0.717, 1.165) is 34.3 Å². The third kappa shape index (κ3) is 2.43. The molecule has 0 saturated carbocycles. The molecule has 3 rings (SSSR count). The number of hydrogen-bond acceptors (Lipinski definition) is 6. The fraction of sp³-hybridized carbons (Fsp3) is 0.357. The van der Waals surface area contributed by atoms with E-state index < -0.39 is 0 Å². The van der Waals surface area contributed by atoms with E-state index in [0.29, 0.717) is 0 Å². The zero-order valence-corrected chi connectivity index (χ0v) is 12.4. The predicted octanol–water partition coefficient (Wildman–Crippen LogP) is 2.42. The molecule has 0 amide bonds. The monoisotopic (exact) mass is 287 g/mol. The van der Waals surface area contributed by atoms with Gasteiger partial charge >= 0.3 is 0 Å². The summed E-state index contributed by atoms with van der Waals surface area (Å²) in [6.45, 7) is 4.15. The quantitative estimate of drug-likeness (QED) is 0.864. The minimum Gasteiger partial charge on any atom is -0.280 e. The van der Waals surface area contributed by atoms with E-state index in [1.165, 1.54) is 0 Å². The van der Waals surface area contributed by atoms with Crippen molar-refractivity contribution in [2.75, 3.05) is 5.75 Å². The van der Waals surface area contributed by atoms with Gasteiger partial charge in [-0.05, 0) is 43.4 Å². The van der Waals surface area contributed by atoms with Crippen molar-refractivity contribution in [3.8, 4) is 0 Å². The van der Waals surface area contributed by atoms with Crippen LogP contribution in [0.4, 0.5) is 0 Å². The summed E-state index contributed by atoms with van der Waals surface area (Å²) in [5.74, 6) is 1.89. The van der Waals surface area contributed by atoms with E-state index in [2.05, 4.69) is 39.7 Å². The first-order valence-corrected chi connectivity index (χ1v) is 7.72. The summed E-state index contributed by atoms with van der Waals surface area (Å²) in [6, 6.07) is 3.99. The third-order valence-electron chi connectivity index (χ3n) is 3.02. The van der Waals surface area contributed by atoms with E-state index in [1.807, 2.05) is 30.3 Å². The van der Waals surface area contributed by atoms with Crippen molar-refractivity contribution in [3.63, 3.8) is 0 Å². The molecule has 1 aromatic heterocycles. The first kappa shape index (κ1) is 13.2. The highest BCUT2D eigenvalue weighted by Crippen LogP contribution is 2.25. The van der Waals surface area contributed by atoms with Crippen molar-refractivity contribution in [2.45, 2.75) is 31.5 Å². The van der Waals surface area contributed by atoms with Gasteiger partial charge in [0, 0.05) is 6.20 Å². The summed E-state index contributed by atoms with van der Waals surface area (Å²) in [5.41, 5.74) is 5.11. The van der Waals surface area contributed by atoms with Crippen LogP contribution in [0.2, 0.25) is 0 Å². The van der Waals surface area contributed by atoms with Crippen molar-refractivity contribution in [3.05, 3.63) is 36.0 Å². The summed E-state index contributed by atoms with van der Waals surface area (Å²) < 4.78 is 0. The average Bonchev–Trinajstić information content (AvgIpc) is 2.88. The standard InChI is InChI=1S/C14H17N5S/c1-3-9-20-14-11(5-4-8-15-14)13-17-16-12-7-6-10(2)18-19(12)13/h4-8,12,16H,3,9H2,1-2H3. The van der Waals surface area contributed by atoms with Crippen LogP contribution in [0.1, 0.15) is 25.8 Å². The second kappa shape index (κ2) is 5.66. The number of hydrogen-bond donors (Lipinski definition) is 1. The van der Waals surface area contributed by atoms with Crippen LogP contribution < -0.4 is 5.43 Å². The van der Waals surface area contributed by atoms with Crippen LogP contribution in [-0.4, -0.2) is 33.5 Å². The van der Waals surface area contributed by atoms with Crippen LogP contribution in [-0.2, 0) is 0 Å². The van der Waals surface area contributed by atoms with Gasteiger partial charge in [-0.1, -0.05) is 6.92 Å². The molecule has 2 aliphatic heterocycles. The number of rotatable bonds is 4. The lowest BCUT2D eigenvalue weighted by Gasteiger charge is -2.23. The summed E-state index contributed by atoms with van der Waals surface area (Å²) in [7, 11) is 0. The number of nitrogens with one attached hydrogen (secondary N) is 1. The molecule has 0 bridgehead atoms. The molecular weight excluding hydrogens is 270 g/mol. The third-order valence-corrected chi connectivity index (χ3v) is 4.23. The number of amidine groups is 1. The van der Waals surface area contributed by atoms with Crippen molar-refractivity contribution in [2.24, 2.45) is 10.2 Å². The molecule has 2 aliphatic rings. The smallest absolute Gasteiger partial charge is 0.181 e. The maximum atomic E-state index is 4.56. The summed E-state index contributed by atoms with van der Waals surface area (Å²) in [5, 5.41) is 11.9. The second-order valence-electron chi connectivity index (χ2n) is 4.66. The molecule has 5 nitrogen and oxygen atoms in total. The Hall–Kier alpha value is -1.82. The molecule has 6 heteroatoms. The van der Waals surface area contributed by atoms with Crippen LogP contribution in [0.5, 0.6) is 0 Å². The number of aromatic nitrogens is 1. The lowest BCUT2D eigenvalue weighted by atomic mass is 10.2. The van der Waals surface area contributed by atoms with Crippen LogP contribution in [0.15, 0.2) is 45.7 Å².